The number of benzene rings is 2. The third-order valence-corrected chi connectivity index (χ3v) is 8.60. The number of piperazine rings is 1. The van der Waals surface area contributed by atoms with Gasteiger partial charge in [0.05, 0.1) is 30.6 Å². The van der Waals surface area contributed by atoms with Crippen LogP contribution in [0.5, 0.6) is 11.5 Å². The predicted molar refractivity (Wildman–Crippen MR) is 152 cm³/mol. The first kappa shape index (κ1) is 32.0. The number of carbonyl (C=O) groups is 2. The lowest BCUT2D eigenvalue weighted by Gasteiger charge is -2.41. The molecule has 3 heterocycles. The molecule has 3 aliphatic heterocycles. The topological polar surface area (TPSA) is 127 Å². The quantitative estimate of drug-likeness (QED) is 0.510. The van der Waals surface area contributed by atoms with Crippen molar-refractivity contribution in [2.24, 2.45) is 0 Å². The Kier molecular flexibility index (Phi) is 9.68. The molecule has 2 bridgehead atoms. The van der Waals surface area contributed by atoms with E-state index in [2.05, 4.69) is 14.8 Å². The third-order valence-electron chi connectivity index (χ3n) is 7.86. The third kappa shape index (κ3) is 8.40. The molecule has 11 nitrogen and oxygen atoms in total. The number of fused-ring (bicyclic) bond motifs is 4. The van der Waals surface area contributed by atoms with E-state index in [1.54, 1.807) is 24.3 Å². The predicted octanol–water partition coefficient (Wildman–Crippen LogP) is 2.28. The van der Waals surface area contributed by atoms with Crippen molar-refractivity contribution in [1.29, 1.82) is 0 Å². The molecule has 0 radical (unpaired) electrons. The van der Waals surface area contributed by atoms with Gasteiger partial charge >= 0.3 is 6.36 Å². The molecule has 2 N–H and O–H groups in total. The first-order valence-corrected chi connectivity index (χ1v) is 16.2. The number of ether oxygens (including phenoxy) is 3. The molecule has 15 heteroatoms. The number of amides is 2. The highest BCUT2D eigenvalue weighted by Crippen LogP contribution is 2.27. The second kappa shape index (κ2) is 13.3. The summed E-state index contributed by atoms with van der Waals surface area (Å²) in [4.78, 5) is 31.0. The largest absolute Gasteiger partial charge is 0.573 e. The highest BCUT2D eigenvalue weighted by molar-refractivity contribution is 7.88. The molecule has 5 rings (SSSR count). The molecule has 44 heavy (non-hydrogen) atoms. The first-order valence-electron chi connectivity index (χ1n) is 14.3. The Morgan fingerprint density at radius 1 is 1.05 bits per heavy atom. The normalized spacial score (nSPS) is 25.6. The number of halogens is 3. The lowest BCUT2D eigenvalue weighted by atomic mass is 9.97. The highest BCUT2D eigenvalue weighted by atomic mass is 32.2. The van der Waals surface area contributed by atoms with Gasteiger partial charge in [0.2, 0.25) is 15.9 Å². The van der Waals surface area contributed by atoms with Crippen LogP contribution < -0.4 is 19.5 Å². The van der Waals surface area contributed by atoms with Crippen molar-refractivity contribution in [2.45, 2.75) is 56.5 Å². The van der Waals surface area contributed by atoms with E-state index in [-0.39, 0.29) is 44.0 Å². The highest BCUT2D eigenvalue weighted by Gasteiger charge is 2.39. The molecule has 0 aliphatic carbocycles. The molecule has 240 valence electrons. The van der Waals surface area contributed by atoms with Crippen molar-refractivity contribution in [3.63, 3.8) is 0 Å². The zero-order valence-corrected chi connectivity index (χ0v) is 24.9. The van der Waals surface area contributed by atoms with E-state index in [1.165, 1.54) is 29.2 Å². The summed E-state index contributed by atoms with van der Waals surface area (Å²) >= 11 is 0. The Balaban J connectivity index is 1.37. The minimum Gasteiger partial charge on any atom is -0.493 e. The van der Waals surface area contributed by atoms with Crippen LogP contribution in [0.4, 0.5) is 13.2 Å². The fraction of sp³-hybridized carbons (Fsp3) is 0.517. The Bertz CT molecular complexity index is 1440. The summed E-state index contributed by atoms with van der Waals surface area (Å²) in [5, 5.41) is 2.89. The van der Waals surface area contributed by atoms with Gasteiger partial charge in [-0.3, -0.25) is 14.5 Å². The molecule has 2 aromatic carbocycles. The van der Waals surface area contributed by atoms with Gasteiger partial charge < -0.3 is 24.4 Å². The van der Waals surface area contributed by atoms with Gasteiger partial charge in [-0.05, 0) is 42.7 Å². The molecular weight excluding hydrogens is 605 g/mol. The Hall–Kier alpha value is -3.40. The summed E-state index contributed by atoms with van der Waals surface area (Å²) in [5.74, 6) is -0.740. The van der Waals surface area contributed by atoms with Crippen LogP contribution >= 0.6 is 0 Å². The number of para-hydroxylation sites is 1. The van der Waals surface area contributed by atoms with Crippen molar-refractivity contribution in [1.82, 2.24) is 19.8 Å². The van der Waals surface area contributed by atoms with Crippen molar-refractivity contribution in [2.75, 3.05) is 39.0 Å². The summed E-state index contributed by atoms with van der Waals surface area (Å²) in [6, 6.07) is 10.9. The van der Waals surface area contributed by atoms with E-state index in [4.69, 9.17) is 9.47 Å². The molecule has 0 saturated carbocycles. The van der Waals surface area contributed by atoms with Crippen LogP contribution in [0.25, 0.3) is 0 Å². The van der Waals surface area contributed by atoms with Crippen molar-refractivity contribution < 1.29 is 45.4 Å². The lowest BCUT2D eigenvalue weighted by molar-refractivity contribution is -0.274. The molecule has 0 spiro atoms. The molecule has 4 atom stereocenters. The Morgan fingerprint density at radius 3 is 2.52 bits per heavy atom. The first-order chi connectivity index (χ1) is 20.8. The van der Waals surface area contributed by atoms with Crippen molar-refractivity contribution >= 4 is 21.8 Å². The van der Waals surface area contributed by atoms with Gasteiger partial charge in [0.15, 0.2) is 0 Å². The molecule has 2 amide bonds. The number of hydrogen-bond acceptors (Lipinski definition) is 8. The lowest BCUT2D eigenvalue weighted by Crippen LogP contribution is -2.61. The number of alkyl halides is 3. The fourth-order valence-corrected chi connectivity index (χ4v) is 6.64. The minimum atomic E-state index is -4.79. The maximum Gasteiger partial charge on any atom is 0.573 e. The van der Waals surface area contributed by atoms with E-state index >= 15 is 0 Å². The van der Waals surface area contributed by atoms with E-state index in [9.17, 15) is 31.2 Å². The van der Waals surface area contributed by atoms with E-state index in [1.807, 2.05) is 4.90 Å². The van der Waals surface area contributed by atoms with Crippen LogP contribution in [0.1, 0.15) is 35.2 Å². The summed E-state index contributed by atoms with van der Waals surface area (Å²) in [6.07, 6.45) is -2.96. The monoisotopic (exact) mass is 640 g/mol. The Morgan fingerprint density at radius 2 is 1.80 bits per heavy atom. The zero-order chi connectivity index (χ0) is 31.5. The van der Waals surface area contributed by atoms with E-state index in [0.717, 1.165) is 6.26 Å². The van der Waals surface area contributed by atoms with Crippen LogP contribution in [0.3, 0.4) is 0 Å². The number of nitrogens with zero attached hydrogens (tertiary/aromatic N) is 2. The number of carbonyl (C=O) groups excluding carboxylic acids is 2. The average molecular weight is 641 g/mol. The second-order valence-electron chi connectivity index (χ2n) is 11.2. The van der Waals surface area contributed by atoms with Crippen molar-refractivity contribution in [3.8, 4) is 11.5 Å². The number of rotatable bonds is 5. The molecule has 2 aromatic rings. The summed E-state index contributed by atoms with van der Waals surface area (Å²) in [7, 11) is -3.53. The van der Waals surface area contributed by atoms with Gasteiger partial charge in [-0.1, -0.05) is 24.3 Å². The van der Waals surface area contributed by atoms with Gasteiger partial charge in [0.25, 0.3) is 5.91 Å². The number of hydrogen-bond donors (Lipinski definition) is 2. The standard InChI is InChI=1S/C29H35F3N4O7S/c1-44(39,40)34-23-11-10-20-12-15-41-25-5-3-2-4-22(25)28(38)36-14-13-35(18-24(36)27(37)33-16-26(23)42-20)17-19-6-8-21(9-7-19)43-29(30,31)32/h2-9,20,23-24,26,34H,10-18H2,1H3,(H,33,37)/t20-,23+,24-,26+/m0/s1. The van der Waals surface area contributed by atoms with Gasteiger partial charge in [-0.15, -0.1) is 13.2 Å². The van der Waals surface area contributed by atoms with Gasteiger partial charge in [0.1, 0.15) is 17.5 Å². The van der Waals surface area contributed by atoms with Crippen LogP contribution in [-0.2, 0) is 26.1 Å². The average Bonchev–Trinajstić information content (AvgIpc) is 2.96. The molecule has 0 unspecified atom stereocenters. The Labute approximate surface area is 253 Å². The molecular formula is C29H35F3N4O7S. The van der Waals surface area contributed by atoms with Crippen LogP contribution in [0.15, 0.2) is 48.5 Å². The van der Waals surface area contributed by atoms with Gasteiger partial charge in [-0.25, -0.2) is 13.1 Å². The summed E-state index contributed by atoms with van der Waals surface area (Å²) in [6.45, 7) is 1.40. The maximum atomic E-state index is 13.8. The molecule has 0 aromatic heterocycles. The second-order valence-corrected chi connectivity index (χ2v) is 13.0. The van der Waals surface area contributed by atoms with Gasteiger partial charge in [-0.2, -0.15) is 0 Å². The minimum absolute atomic E-state index is 0.0269. The van der Waals surface area contributed by atoms with Gasteiger partial charge in [0, 0.05) is 45.2 Å². The van der Waals surface area contributed by atoms with Crippen molar-refractivity contribution in [3.05, 3.63) is 59.7 Å². The molecule has 2 saturated heterocycles. The van der Waals surface area contributed by atoms with E-state index < -0.39 is 40.5 Å². The smallest absolute Gasteiger partial charge is 0.493 e. The van der Waals surface area contributed by atoms with Crippen LogP contribution in [0, 0.1) is 0 Å². The number of nitrogens with one attached hydrogen (secondary N) is 2. The molecule has 3 aliphatic rings. The maximum absolute atomic E-state index is 13.8. The van der Waals surface area contributed by atoms with Crippen LogP contribution in [-0.4, -0.2) is 99.7 Å². The molecule has 2 fully saturated rings. The fourth-order valence-electron chi connectivity index (χ4n) is 5.82. The summed E-state index contributed by atoms with van der Waals surface area (Å²) < 4.78 is 80.5. The number of sulfonamides is 1. The zero-order valence-electron chi connectivity index (χ0n) is 24.1. The van der Waals surface area contributed by atoms with Crippen LogP contribution in [0.2, 0.25) is 0 Å². The summed E-state index contributed by atoms with van der Waals surface area (Å²) in [5.41, 5.74) is 1.03. The SMILES string of the molecule is CS(=O)(=O)N[C@@H]1CC[C@H]2CCOc3ccccc3C(=O)N3CCN(Cc4ccc(OC(F)(F)F)cc4)C[C@H]3C(=O)NC[C@H]1O2. The van der Waals surface area contributed by atoms with E-state index in [0.29, 0.717) is 49.2 Å².